The van der Waals surface area contributed by atoms with E-state index >= 15 is 0 Å². The van der Waals surface area contributed by atoms with Crippen LogP contribution in [0.25, 0.3) is 0 Å². The first-order chi connectivity index (χ1) is 9.63. The number of halogens is 3. The van der Waals surface area contributed by atoms with E-state index in [1.54, 1.807) is 4.72 Å². The number of H-pyrrole nitrogens is 1. The van der Waals surface area contributed by atoms with Gasteiger partial charge in [0.15, 0.2) is 0 Å². The molecule has 0 aliphatic heterocycles. The van der Waals surface area contributed by atoms with E-state index in [-0.39, 0.29) is 19.3 Å². The van der Waals surface area contributed by atoms with Crippen LogP contribution in [-0.2, 0) is 14.8 Å². The second kappa shape index (κ2) is 5.02. The maximum atomic E-state index is 13.0. The molecule has 0 unspecified atom stereocenters. The van der Waals surface area contributed by atoms with Gasteiger partial charge >= 0.3 is 12.1 Å². The molecule has 21 heavy (non-hydrogen) atoms. The van der Waals surface area contributed by atoms with Crippen LogP contribution in [0.1, 0.15) is 29.8 Å². The minimum atomic E-state index is -4.69. The van der Waals surface area contributed by atoms with E-state index in [4.69, 9.17) is 0 Å². The predicted molar refractivity (Wildman–Crippen MR) is 65.1 cm³/mol. The smallest absolute Gasteiger partial charge is 0.407 e. The van der Waals surface area contributed by atoms with Gasteiger partial charge in [-0.1, -0.05) is 0 Å². The van der Waals surface area contributed by atoms with E-state index in [1.165, 1.54) is 0 Å². The van der Waals surface area contributed by atoms with E-state index in [1.807, 2.05) is 0 Å². The van der Waals surface area contributed by atoms with Crippen LogP contribution in [-0.4, -0.2) is 38.2 Å². The number of ether oxygens (including phenoxy) is 1. The normalized spacial score (nSPS) is 18.1. The summed E-state index contributed by atoms with van der Waals surface area (Å²) in [4.78, 5) is 13.2. The molecular formula is C11H13F3N2O4S. The zero-order valence-corrected chi connectivity index (χ0v) is 11.8. The van der Waals surface area contributed by atoms with E-state index in [0.717, 1.165) is 19.4 Å². The molecule has 2 rings (SSSR count). The van der Waals surface area contributed by atoms with Crippen molar-refractivity contribution in [1.29, 1.82) is 0 Å². The molecule has 1 aromatic rings. The third-order valence-electron chi connectivity index (χ3n) is 3.47. The molecule has 118 valence electrons. The fourth-order valence-corrected chi connectivity index (χ4v) is 3.73. The quantitative estimate of drug-likeness (QED) is 0.822. The van der Waals surface area contributed by atoms with Gasteiger partial charge in [-0.25, -0.2) is 13.2 Å². The van der Waals surface area contributed by atoms with Crippen LogP contribution in [0.3, 0.4) is 0 Å². The van der Waals surface area contributed by atoms with Crippen molar-refractivity contribution in [2.24, 2.45) is 0 Å². The number of rotatable bonds is 4. The van der Waals surface area contributed by atoms with Gasteiger partial charge in [-0.2, -0.15) is 17.9 Å². The minimum absolute atomic E-state index is 0.277. The van der Waals surface area contributed by atoms with Crippen molar-refractivity contribution < 1.29 is 31.1 Å². The van der Waals surface area contributed by atoms with Gasteiger partial charge in [-0.05, 0) is 25.3 Å². The van der Waals surface area contributed by atoms with E-state index in [2.05, 4.69) is 9.72 Å². The maximum Gasteiger partial charge on any atom is 0.407 e. The predicted octanol–water partition coefficient (Wildman–Crippen LogP) is 1.56. The highest BCUT2D eigenvalue weighted by Crippen LogP contribution is 2.46. The molecule has 0 amide bonds. The molecule has 1 aliphatic rings. The first-order valence-electron chi connectivity index (χ1n) is 5.99. The first-order valence-corrected chi connectivity index (χ1v) is 7.48. The van der Waals surface area contributed by atoms with Crippen molar-refractivity contribution in [3.63, 3.8) is 0 Å². The molecule has 0 atom stereocenters. The Kier molecular flexibility index (Phi) is 3.79. The van der Waals surface area contributed by atoms with Gasteiger partial charge in [0.05, 0.1) is 7.11 Å². The molecular weight excluding hydrogens is 313 g/mol. The SMILES string of the molecule is COC(=O)c1[nH]ccc1S(=O)(=O)NC1(C(F)(F)F)CCC1. The lowest BCUT2D eigenvalue weighted by Gasteiger charge is -2.43. The molecule has 1 aromatic heterocycles. The number of hydrogen-bond donors (Lipinski definition) is 2. The lowest BCUT2D eigenvalue weighted by atomic mass is 9.77. The second-order valence-corrected chi connectivity index (χ2v) is 6.40. The number of carbonyl (C=O) groups excluding carboxylic acids is 1. The lowest BCUT2D eigenvalue weighted by Crippen LogP contribution is -2.62. The van der Waals surface area contributed by atoms with Crippen LogP contribution in [0.5, 0.6) is 0 Å². The van der Waals surface area contributed by atoms with Gasteiger partial charge in [0.1, 0.15) is 16.1 Å². The Morgan fingerprint density at radius 3 is 2.48 bits per heavy atom. The van der Waals surface area contributed by atoms with Crippen molar-refractivity contribution in [3.8, 4) is 0 Å². The van der Waals surface area contributed by atoms with Crippen molar-refractivity contribution in [3.05, 3.63) is 18.0 Å². The number of hydrogen-bond acceptors (Lipinski definition) is 4. The summed E-state index contributed by atoms with van der Waals surface area (Å²) in [5.74, 6) is -0.977. The number of nitrogens with one attached hydrogen (secondary N) is 2. The van der Waals surface area contributed by atoms with Gasteiger partial charge in [-0.15, -0.1) is 0 Å². The van der Waals surface area contributed by atoms with Crippen molar-refractivity contribution >= 4 is 16.0 Å². The molecule has 1 aliphatic carbocycles. The Morgan fingerprint density at radius 2 is 2.05 bits per heavy atom. The third kappa shape index (κ3) is 2.64. The molecule has 1 saturated carbocycles. The largest absolute Gasteiger partial charge is 0.464 e. The highest BCUT2D eigenvalue weighted by atomic mass is 32.2. The Hall–Kier alpha value is -1.55. The molecule has 10 heteroatoms. The number of methoxy groups -OCH3 is 1. The van der Waals surface area contributed by atoms with Crippen LogP contribution in [0, 0.1) is 0 Å². The number of aromatic amines is 1. The number of aromatic nitrogens is 1. The van der Waals surface area contributed by atoms with Gasteiger partial charge in [0.25, 0.3) is 0 Å². The van der Waals surface area contributed by atoms with Crippen molar-refractivity contribution in [2.75, 3.05) is 7.11 Å². The van der Waals surface area contributed by atoms with Crippen LogP contribution in [0.2, 0.25) is 0 Å². The highest BCUT2D eigenvalue weighted by Gasteiger charge is 2.60. The average Bonchev–Trinajstić information content (AvgIpc) is 2.81. The molecule has 1 fully saturated rings. The summed E-state index contributed by atoms with van der Waals surface area (Å²) >= 11 is 0. The molecule has 0 radical (unpaired) electrons. The molecule has 0 saturated heterocycles. The topological polar surface area (TPSA) is 88.3 Å². The van der Waals surface area contributed by atoms with Gasteiger partial charge in [0.2, 0.25) is 10.0 Å². The average molecular weight is 326 g/mol. The first kappa shape index (κ1) is 15.8. The Labute approximate surface area is 118 Å². The minimum Gasteiger partial charge on any atom is -0.464 e. The standard InChI is InChI=1S/C11H13F3N2O4S/c1-20-9(17)8-7(3-6-15-8)21(18,19)16-10(4-2-5-10)11(12,13)14/h3,6,15-16H,2,4-5H2,1H3. The van der Waals surface area contributed by atoms with E-state index in [0.29, 0.717) is 0 Å². The van der Waals surface area contributed by atoms with E-state index in [9.17, 15) is 26.4 Å². The number of sulfonamides is 1. The summed E-state index contributed by atoms with van der Waals surface area (Å²) in [6, 6.07) is 1.01. The monoisotopic (exact) mass is 326 g/mol. The molecule has 1 heterocycles. The third-order valence-corrected chi connectivity index (χ3v) is 5.05. The Morgan fingerprint density at radius 1 is 1.43 bits per heavy atom. The van der Waals surface area contributed by atoms with Gasteiger partial charge < -0.3 is 9.72 Å². The number of esters is 1. The molecule has 0 aromatic carbocycles. The zero-order valence-electron chi connectivity index (χ0n) is 11.0. The summed E-state index contributed by atoms with van der Waals surface area (Å²) < 4.78 is 69.5. The maximum absolute atomic E-state index is 13.0. The summed E-state index contributed by atoms with van der Waals surface area (Å²) in [5, 5.41) is 0. The van der Waals surface area contributed by atoms with Crippen LogP contribution in [0.15, 0.2) is 17.2 Å². The lowest BCUT2D eigenvalue weighted by molar-refractivity contribution is -0.212. The number of alkyl halides is 3. The molecule has 2 N–H and O–H groups in total. The van der Waals surface area contributed by atoms with Crippen molar-refractivity contribution in [2.45, 2.75) is 35.9 Å². The van der Waals surface area contributed by atoms with Gasteiger partial charge in [-0.3, -0.25) is 0 Å². The fraction of sp³-hybridized carbons (Fsp3) is 0.545. The van der Waals surface area contributed by atoms with Crippen LogP contribution in [0.4, 0.5) is 13.2 Å². The highest BCUT2D eigenvalue weighted by molar-refractivity contribution is 7.89. The Balaban J connectivity index is 2.36. The number of carbonyl (C=O) groups is 1. The van der Waals surface area contributed by atoms with Crippen LogP contribution < -0.4 is 4.72 Å². The Bertz CT molecular complexity index is 647. The van der Waals surface area contributed by atoms with E-state index < -0.39 is 38.3 Å². The molecule has 0 spiro atoms. The molecule has 6 nitrogen and oxygen atoms in total. The van der Waals surface area contributed by atoms with Crippen LogP contribution >= 0.6 is 0 Å². The fourth-order valence-electron chi connectivity index (χ4n) is 2.13. The summed E-state index contributed by atoms with van der Waals surface area (Å²) in [6.45, 7) is 0. The second-order valence-electron chi connectivity index (χ2n) is 4.75. The summed E-state index contributed by atoms with van der Waals surface area (Å²) in [6.07, 6.45) is -3.93. The molecule has 0 bridgehead atoms. The summed E-state index contributed by atoms with van der Waals surface area (Å²) in [5.41, 5.74) is -2.88. The van der Waals surface area contributed by atoms with Gasteiger partial charge in [0, 0.05) is 6.20 Å². The van der Waals surface area contributed by atoms with Crippen molar-refractivity contribution in [1.82, 2.24) is 9.71 Å². The summed E-state index contributed by atoms with van der Waals surface area (Å²) in [7, 11) is -3.47. The zero-order chi connectivity index (χ0) is 15.9.